The largest absolute Gasteiger partial charge is 0.216 e. The molecule has 1 aromatic heterocycles. The van der Waals surface area contributed by atoms with E-state index in [2.05, 4.69) is 79.2 Å². The highest BCUT2D eigenvalue weighted by atomic mass is 15.0. The van der Waals surface area contributed by atoms with E-state index < -0.39 is 0 Å². The molecule has 0 bridgehead atoms. The summed E-state index contributed by atoms with van der Waals surface area (Å²) >= 11 is 0. The van der Waals surface area contributed by atoms with Crippen molar-refractivity contribution in [1.82, 2.24) is 0 Å². The van der Waals surface area contributed by atoms with Gasteiger partial charge in [-0.05, 0) is 30.0 Å². The molecule has 0 radical (unpaired) electrons. The highest BCUT2D eigenvalue weighted by molar-refractivity contribution is 5.88. The number of fused-ring (bicyclic) bond motifs is 1. The summed E-state index contributed by atoms with van der Waals surface area (Å²) in [6.07, 6.45) is 4.50. The Morgan fingerprint density at radius 2 is 1.57 bits per heavy atom. The molecule has 2 aromatic carbocycles. The molecule has 3 aromatic rings. The average molecular weight is 276 g/mol. The quantitative estimate of drug-likeness (QED) is 0.604. The molecular formula is C20H22N+. The molecular weight excluding hydrogens is 254 g/mol. The molecule has 0 spiro atoms. The van der Waals surface area contributed by atoms with Crippen molar-refractivity contribution in [3.63, 3.8) is 0 Å². The maximum Gasteiger partial charge on any atom is 0.216 e. The van der Waals surface area contributed by atoms with Crippen LogP contribution in [0.1, 0.15) is 25.8 Å². The van der Waals surface area contributed by atoms with Crippen molar-refractivity contribution in [2.24, 2.45) is 0 Å². The van der Waals surface area contributed by atoms with Crippen LogP contribution in [0.4, 0.5) is 0 Å². The summed E-state index contributed by atoms with van der Waals surface area (Å²) in [6, 6.07) is 19.5. The smallest absolute Gasteiger partial charge is 0.197 e. The number of aromatic nitrogens is 1. The van der Waals surface area contributed by atoms with Gasteiger partial charge in [0.2, 0.25) is 5.69 Å². The second-order valence-corrected chi connectivity index (χ2v) is 5.46. The van der Waals surface area contributed by atoms with Crippen LogP contribution in [-0.2, 0) is 13.0 Å². The van der Waals surface area contributed by atoms with Gasteiger partial charge >= 0.3 is 0 Å². The minimum absolute atomic E-state index is 1.05. The summed E-state index contributed by atoms with van der Waals surface area (Å²) in [5.74, 6) is 0. The topological polar surface area (TPSA) is 3.88 Å². The average Bonchev–Trinajstić information content (AvgIpc) is 2.54. The van der Waals surface area contributed by atoms with Gasteiger partial charge in [0, 0.05) is 22.9 Å². The Morgan fingerprint density at radius 1 is 0.857 bits per heavy atom. The number of hydrogen-bond donors (Lipinski definition) is 0. The van der Waals surface area contributed by atoms with Crippen molar-refractivity contribution in [3.8, 4) is 11.3 Å². The molecule has 0 aliphatic rings. The first kappa shape index (κ1) is 13.8. The Bertz CT molecular complexity index is 744. The predicted molar refractivity (Wildman–Crippen MR) is 89.2 cm³/mol. The Labute approximate surface area is 126 Å². The SMILES string of the molecule is CCC[n+]1cc2ccccc2c(CC)c1-c1ccccc1. The van der Waals surface area contributed by atoms with E-state index in [9.17, 15) is 0 Å². The van der Waals surface area contributed by atoms with Crippen molar-refractivity contribution >= 4 is 10.8 Å². The molecule has 0 aliphatic carbocycles. The van der Waals surface area contributed by atoms with Crippen LogP contribution in [0.15, 0.2) is 60.8 Å². The van der Waals surface area contributed by atoms with Crippen LogP contribution < -0.4 is 4.57 Å². The van der Waals surface area contributed by atoms with E-state index in [0.717, 1.165) is 19.4 Å². The van der Waals surface area contributed by atoms with Crippen LogP contribution in [-0.4, -0.2) is 0 Å². The molecule has 0 saturated heterocycles. The van der Waals surface area contributed by atoms with Crippen LogP contribution in [0.2, 0.25) is 0 Å². The summed E-state index contributed by atoms with van der Waals surface area (Å²) in [4.78, 5) is 0. The normalized spacial score (nSPS) is 11.0. The van der Waals surface area contributed by atoms with Gasteiger partial charge in [-0.25, -0.2) is 0 Å². The van der Waals surface area contributed by atoms with Gasteiger partial charge in [0.1, 0.15) is 6.54 Å². The van der Waals surface area contributed by atoms with Gasteiger partial charge in [0.25, 0.3) is 0 Å². The van der Waals surface area contributed by atoms with Gasteiger partial charge in [-0.3, -0.25) is 0 Å². The van der Waals surface area contributed by atoms with Crippen molar-refractivity contribution in [3.05, 3.63) is 66.4 Å². The zero-order chi connectivity index (χ0) is 14.7. The molecule has 0 N–H and O–H groups in total. The van der Waals surface area contributed by atoms with E-state index in [1.165, 1.54) is 27.6 Å². The van der Waals surface area contributed by atoms with E-state index in [1.54, 1.807) is 0 Å². The fourth-order valence-electron chi connectivity index (χ4n) is 3.13. The van der Waals surface area contributed by atoms with Gasteiger partial charge in [0.05, 0.1) is 0 Å². The molecule has 106 valence electrons. The van der Waals surface area contributed by atoms with Gasteiger partial charge < -0.3 is 0 Å². The Hall–Kier alpha value is -2.15. The second kappa shape index (κ2) is 6.09. The summed E-state index contributed by atoms with van der Waals surface area (Å²) in [5.41, 5.74) is 4.14. The van der Waals surface area contributed by atoms with Crippen molar-refractivity contribution in [2.45, 2.75) is 33.2 Å². The summed E-state index contributed by atoms with van der Waals surface area (Å²) in [6.45, 7) is 5.55. The van der Waals surface area contributed by atoms with Gasteiger partial charge in [-0.1, -0.05) is 50.2 Å². The van der Waals surface area contributed by atoms with E-state index in [0.29, 0.717) is 0 Å². The lowest BCUT2D eigenvalue weighted by molar-refractivity contribution is -0.685. The molecule has 0 fully saturated rings. The number of aryl methyl sites for hydroxylation is 2. The number of nitrogens with zero attached hydrogens (tertiary/aromatic N) is 1. The lowest BCUT2D eigenvalue weighted by Gasteiger charge is -2.11. The fraction of sp³-hybridized carbons (Fsp3) is 0.250. The molecule has 1 heterocycles. The molecule has 21 heavy (non-hydrogen) atoms. The lowest BCUT2D eigenvalue weighted by Crippen LogP contribution is -2.37. The first-order valence-corrected chi connectivity index (χ1v) is 7.84. The number of hydrogen-bond acceptors (Lipinski definition) is 0. The standard InChI is InChI=1S/C20H22N/c1-3-14-21-15-17-12-8-9-13-19(17)18(4-2)20(21)16-10-6-5-7-11-16/h5-13,15H,3-4,14H2,1-2H3/q+1. The molecule has 0 amide bonds. The summed E-state index contributed by atoms with van der Waals surface area (Å²) in [5, 5.41) is 2.72. The summed E-state index contributed by atoms with van der Waals surface area (Å²) < 4.78 is 2.43. The second-order valence-electron chi connectivity index (χ2n) is 5.46. The van der Waals surface area contributed by atoms with Crippen LogP contribution in [0, 0.1) is 0 Å². The van der Waals surface area contributed by atoms with E-state index in [4.69, 9.17) is 0 Å². The fourth-order valence-corrected chi connectivity index (χ4v) is 3.13. The number of pyridine rings is 1. The molecule has 0 unspecified atom stereocenters. The van der Waals surface area contributed by atoms with Crippen molar-refractivity contribution in [1.29, 1.82) is 0 Å². The Kier molecular flexibility index (Phi) is 4.01. The third-order valence-corrected chi connectivity index (χ3v) is 4.02. The maximum absolute atomic E-state index is 2.43. The van der Waals surface area contributed by atoms with Crippen LogP contribution >= 0.6 is 0 Å². The third kappa shape index (κ3) is 2.56. The Morgan fingerprint density at radius 3 is 2.29 bits per heavy atom. The predicted octanol–water partition coefficient (Wildman–Crippen LogP) is 4.77. The number of rotatable bonds is 4. The first-order chi connectivity index (χ1) is 10.3. The van der Waals surface area contributed by atoms with Crippen LogP contribution in [0.3, 0.4) is 0 Å². The molecule has 0 saturated carbocycles. The zero-order valence-corrected chi connectivity index (χ0v) is 12.8. The summed E-state index contributed by atoms with van der Waals surface area (Å²) in [7, 11) is 0. The van der Waals surface area contributed by atoms with Gasteiger partial charge in [-0.2, -0.15) is 4.57 Å². The van der Waals surface area contributed by atoms with Crippen molar-refractivity contribution < 1.29 is 4.57 Å². The van der Waals surface area contributed by atoms with E-state index in [-0.39, 0.29) is 0 Å². The maximum atomic E-state index is 2.43. The molecule has 0 aliphatic heterocycles. The first-order valence-electron chi connectivity index (χ1n) is 7.84. The monoisotopic (exact) mass is 276 g/mol. The van der Waals surface area contributed by atoms with Gasteiger partial charge in [-0.15, -0.1) is 0 Å². The Balaban J connectivity index is 2.36. The molecule has 1 heteroatoms. The van der Waals surface area contributed by atoms with Gasteiger partial charge in [0.15, 0.2) is 6.20 Å². The lowest BCUT2D eigenvalue weighted by atomic mass is 9.97. The van der Waals surface area contributed by atoms with E-state index >= 15 is 0 Å². The minimum Gasteiger partial charge on any atom is -0.197 e. The van der Waals surface area contributed by atoms with Crippen molar-refractivity contribution in [2.75, 3.05) is 0 Å². The molecule has 3 rings (SSSR count). The highest BCUT2D eigenvalue weighted by Gasteiger charge is 2.20. The molecule has 0 atom stereocenters. The van der Waals surface area contributed by atoms with Crippen LogP contribution in [0.5, 0.6) is 0 Å². The zero-order valence-electron chi connectivity index (χ0n) is 12.8. The van der Waals surface area contributed by atoms with Crippen LogP contribution in [0.25, 0.3) is 22.0 Å². The minimum atomic E-state index is 1.05. The third-order valence-electron chi connectivity index (χ3n) is 4.02. The van der Waals surface area contributed by atoms with E-state index in [1.807, 2.05) is 0 Å². The highest BCUT2D eigenvalue weighted by Crippen LogP contribution is 2.27. The molecule has 1 nitrogen and oxygen atoms in total. The number of benzene rings is 2.